The van der Waals surface area contributed by atoms with Gasteiger partial charge in [0.1, 0.15) is 0 Å². The van der Waals surface area contributed by atoms with E-state index in [2.05, 4.69) is 5.32 Å². The summed E-state index contributed by atoms with van der Waals surface area (Å²) in [7, 11) is -0.776. The summed E-state index contributed by atoms with van der Waals surface area (Å²) in [6, 6.07) is -0.129. The van der Waals surface area contributed by atoms with Crippen molar-refractivity contribution in [3.05, 3.63) is 0 Å². The van der Waals surface area contributed by atoms with Crippen molar-refractivity contribution >= 4 is 16.7 Å². The number of nitrogens with two attached hydrogens (primary N) is 1. The molecule has 0 aromatic rings. The van der Waals surface area contributed by atoms with Crippen molar-refractivity contribution in [2.24, 2.45) is 11.7 Å². The molecule has 0 radical (unpaired) electrons. The molecule has 3 atom stereocenters. The molecule has 4 nitrogen and oxygen atoms in total. The number of hydrogen-bond donors (Lipinski definition) is 2. The van der Waals surface area contributed by atoms with Crippen molar-refractivity contribution in [1.29, 1.82) is 0 Å². The first kappa shape index (κ1) is 13.6. The van der Waals surface area contributed by atoms with Crippen molar-refractivity contribution in [1.82, 2.24) is 5.32 Å². The molecule has 0 heterocycles. The highest BCUT2D eigenvalue weighted by Crippen LogP contribution is 1.98. The first-order chi connectivity index (χ1) is 6.45. The Morgan fingerprint density at radius 1 is 1.50 bits per heavy atom. The smallest absolute Gasteiger partial charge is 0.224 e. The highest BCUT2D eigenvalue weighted by Gasteiger charge is 2.15. The van der Waals surface area contributed by atoms with Gasteiger partial charge in [-0.15, -0.1) is 0 Å². The van der Waals surface area contributed by atoms with E-state index in [-0.39, 0.29) is 17.9 Å². The Hall–Kier alpha value is -0.420. The average Bonchev–Trinajstić information content (AvgIpc) is 2.10. The number of hydrogen-bond acceptors (Lipinski definition) is 3. The third-order valence-corrected chi connectivity index (χ3v) is 2.97. The zero-order valence-electron chi connectivity index (χ0n) is 9.08. The highest BCUT2D eigenvalue weighted by molar-refractivity contribution is 7.84. The molecule has 3 N–H and O–H groups in total. The number of amides is 1. The van der Waals surface area contributed by atoms with Gasteiger partial charge in [-0.05, 0) is 13.3 Å². The average molecular weight is 220 g/mol. The first-order valence-electron chi connectivity index (χ1n) is 4.78. The molecule has 0 spiro atoms. The van der Waals surface area contributed by atoms with Crippen LogP contribution in [0.5, 0.6) is 0 Å². The van der Waals surface area contributed by atoms with Gasteiger partial charge in [0.05, 0.1) is 0 Å². The molecule has 5 heteroatoms. The first-order valence-corrected chi connectivity index (χ1v) is 6.51. The Labute approximate surface area is 88.1 Å². The van der Waals surface area contributed by atoms with Crippen LogP contribution in [0.3, 0.4) is 0 Å². The minimum Gasteiger partial charge on any atom is -0.356 e. The normalized spacial score (nSPS) is 17.1. The Morgan fingerprint density at radius 3 is 2.50 bits per heavy atom. The van der Waals surface area contributed by atoms with Gasteiger partial charge >= 0.3 is 0 Å². The maximum Gasteiger partial charge on any atom is 0.224 e. The van der Waals surface area contributed by atoms with Crippen LogP contribution in [-0.2, 0) is 15.6 Å². The van der Waals surface area contributed by atoms with E-state index in [1.165, 1.54) is 0 Å². The molecule has 0 aromatic carbocycles. The molecule has 0 aliphatic rings. The second kappa shape index (κ2) is 6.95. The molecular weight excluding hydrogens is 200 g/mol. The van der Waals surface area contributed by atoms with Crippen LogP contribution in [0.15, 0.2) is 0 Å². The van der Waals surface area contributed by atoms with E-state index >= 15 is 0 Å². The van der Waals surface area contributed by atoms with Gasteiger partial charge in [0.15, 0.2) is 0 Å². The van der Waals surface area contributed by atoms with Crippen LogP contribution in [0.25, 0.3) is 0 Å². The fraction of sp³-hybridized carbons (Fsp3) is 0.889. The predicted molar refractivity (Wildman–Crippen MR) is 59.4 cm³/mol. The van der Waals surface area contributed by atoms with E-state index in [0.717, 1.165) is 6.42 Å². The molecule has 0 aromatic heterocycles. The molecular formula is C9H20N2O2S. The summed E-state index contributed by atoms with van der Waals surface area (Å²) in [4.78, 5) is 11.4. The molecule has 84 valence electrons. The van der Waals surface area contributed by atoms with Gasteiger partial charge in [0.2, 0.25) is 5.91 Å². The van der Waals surface area contributed by atoms with E-state index in [0.29, 0.717) is 12.3 Å². The molecule has 0 bridgehead atoms. The summed E-state index contributed by atoms with van der Waals surface area (Å²) in [5, 5.41) is 2.77. The quantitative estimate of drug-likeness (QED) is 0.612. The number of nitrogens with one attached hydrogen (secondary N) is 1. The standard InChI is InChI=1S/C9H20N2O2S/c1-7(8(2)10)9(12)11-5-4-6-14(3)13/h7-8H,4-6,10H2,1-3H3,(H,11,12). The van der Waals surface area contributed by atoms with Gasteiger partial charge in [-0.1, -0.05) is 6.92 Å². The van der Waals surface area contributed by atoms with Gasteiger partial charge < -0.3 is 11.1 Å². The summed E-state index contributed by atoms with van der Waals surface area (Å²) in [5.74, 6) is 0.441. The molecule has 1 amide bonds. The minimum atomic E-state index is -0.776. The lowest BCUT2D eigenvalue weighted by molar-refractivity contribution is -0.124. The van der Waals surface area contributed by atoms with Crippen molar-refractivity contribution < 1.29 is 9.00 Å². The van der Waals surface area contributed by atoms with Gasteiger partial charge in [-0.3, -0.25) is 9.00 Å². The van der Waals surface area contributed by atoms with Gasteiger partial charge in [0.25, 0.3) is 0 Å². The number of carbonyl (C=O) groups is 1. The molecule has 0 aliphatic heterocycles. The van der Waals surface area contributed by atoms with E-state index in [1.807, 2.05) is 6.92 Å². The van der Waals surface area contributed by atoms with E-state index < -0.39 is 10.8 Å². The number of rotatable bonds is 6. The fourth-order valence-electron chi connectivity index (χ4n) is 0.887. The summed E-state index contributed by atoms with van der Waals surface area (Å²) in [6.07, 6.45) is 2.41. The third kappa shape index (κ3) is 6.10. The molecule has 0 fully saturated rings. The molecule has 0 aliphatic carbocycles. The fourth-order valence-corrected chi connectivity index (χ4v) is 1.44. The lowest BCUT2D eigenvalue weighted by Crippen LogP contribution is -2.39. The summed E-state index contributed by atoms with van der Waals surface area (Å²) >= 11 is 0. The maximum atomic E-state index is 11.4. The zero-order valence-corrected chi connectivity index (χ0v) is 9.89. The van der Waals surface area contributed by atoms with E-state index in [1.54, 1.807) is 13.2 Å². The lowest BCUT2D eigenvalue weighted by atomic mass is 10.0. The summed E-state index contributed by atoms with van der Waals surface area (Å²) < 4.78 is 10.7. The lowest BCUT2D eigenvalue weighted by Gasteiger charge is -2.14. The zero-order chi connectivity index (χ0) is 11.1. The van der Waals surface area contributed by atoms with Crippen LogP contribution in [0.2, 0.25) is 0 Å². The largest absolute Gasteiger partial charge is 0.356 e. The molecule has 0 rings (SSSR count). The van der Waals surface area contributed by atoms with Crippen LogP contribution in [0.1, 0.15) is 20.3 Å². The topological polar surface area (TPSA) is 72.2 Å². The third-order valence-electron chi connectivity index (χ3n) is 2.11. The summed E-state index contributed by atoms with van der Waals surface area (Å²) in [6.45, 7) is 4.19. The molecule has 3 unspecified atom stereocenters. The summed E-state index contributed by atoms with van der Waals surface area (Å²) in [5.41, 5.74) is 5.58. The SMILES string of the molecule is CC(N)C(C)C(=O)NCCCS(C)=O. The molecule has 14 heavy (non-hydrogen) atoms. The van der Waals surface area contributed by atoms with Crippen LogP contribution in [0.4, 0.5) is 0 Å². The number of carbonyl (C=O) groups excluding carboxylic acids is 1. The van der Waals surface area contributed by atoms with Crippen LogP contribution in [0, 0.1) is 5.92 Å². The van der Waals surface area contributed by atoms with Crippen molar-refractivity contribution in [2.45, 2.75) is 26.3 Å². The van der Waals surface area contributed by atoms with Crippen molar-refractivity contribution in [2.75, 3.05) is 18.6 Å². The van der Waals surface area contributed by atoms with Gasteiger partial charge in [-0.25, -0.2) is 0 Å². The van der Waals surface area contributed by atoms with Crippen LogP contribution < -0.4 is 11.1 Å². The van der Waals surface area contributed by atoms with Gasteiger partial charge in [-0.2, -0.15) is 0 Å². The highest BCUT2D eigenvalue weighted by atomic mass is 32.2. The van der Waals surface area contributed by atoms with Crippen LogP contribution >= 0.6 is 0 Å². The van der Waals surface area contributed by atoms with Crippen molar-refractivity contribution in [3.63, 3.8) is 0 Å². The second-order valence-electron chi connectivity index (χ2n) is 3.57. The molecule has 0 saturated heterocycles. The van der Waals surface area contributed by atoms with E-state index in [9.17, 15) is 9.00 Å². The van der Waals surface area contributed by atoms with Crippen LogP contribution in [-0.4, -0.2) is 34.7 Å². The minimum absolute atomic E-state index is 0.0260. The maximum absolute atomic E-state index is 11.4. The Balaban J connectivity index is 3.59. The second-order valence-corrected chi connectivity index (χ2v) is 5.12. The van der Waals surface area contributed by atoms with E-state index in [4.69, 9.17) is 5.73 Å². The Kier molecular flexibility index (Phi) is 6.74. The Bertz CT molecular complexity index is 207. The van der Waals surface area contributed by atoms with Crippen molar-refractivity contribution in [3.8, 4) is 0 Å². The predicted octanol–water partition coefficient (Wildman–Crippen LogP) is -0.145. The monoisotopic (exact) mass is 220 g/mol. The van der Waals surface area contributed by atoms with Gasteiger partial charge in [0, 0.05) is 41.3 Å². The Morgan fingerprint density at radius 2 is 2.07 bits per heavy atom. The molecule has 0 saturated carbocycles.